The van der Waals surface area contributed by atoms with E-state index >= 15 is 0 Å². The number of carbonyl (C=O) groups excluding carboxylic acids is 2. The van der Waals surface area contributed by atoms with E-state index in [2.05, 4.69) is 10.4 Å². The van der Waals surface area contributed by atoms with E-state index in [4.69, 9.17) is 0 Å². The molecular weight excluding hydrogens is 371 g/mol. The van der Waals surface area contributed by atoms with Crippen LogP contribution in [0.1, 0.15) is 15.4 Å². The van der Waals surface area contributed by atoms with Crippen molar-refractivity contribution in [1.82, 2.24) is 24.9 Å². The zero-order valence-corrected chi connectivity index (χ0v) is 14.7. The maximum Gasteiger partial charge on any atom is 0.435 e. The Balaban J connectivity index is 1.61. The average molecular weight is 387 g/mol. The highest BCUT2D eigenvalue weighted by atomic mass is 32.1. The largest absolute Gasteiger partial charge is 0.435 e. The molecule has 0 aliphatic carbocycles. The number of rotatable bonds is 1. The van der Waals surface area contributed by atoms with Gasteiger partial charge in [-0.3, -0.25) is 19.2 Å². The molecule has 0 aromatic carbocycles. The predicted molar refractivity (Wildman–Crippen MR) is 87.9 cm³/mol. The minimum absolute atomic E-state index is 0.0672. The first kappa shape index (κ1) is 17.3. The average Bonchev–Trinajstić information content (AvgIpc) is 3.14. The van der Waals surface area contributed by atoms with Crippen LogP contribution in [0, 0.1) is 0 Å². The van der Waals surface area contributed by atoms with Crippen molar-refractivity contribution in [2.24, 2.45) is 7.05 Å². The lowest BCUT2D eigenvalue weighted by molar-refractivity contribution is -0.140. The van der Waals surface area contributed by atoms with Crippen LogP contribution in [-0.2, 0) is 18.0 Å². The standard InChI is InChI=1S/C15H16F3N5O2S/c1-21-14-8(11(20-21)15(16,17)18)6-10(26-14)13(25)23-5-4-22-3-2-19-12(24)9(22)7-23/h6,9H,2-5,7H2,1H3,(H,19,24)/t9-/m1/s1. The minimum Gasteiger partial charge on any atom is -0.353 e. The van der Waals surface area contributed by atoms with Crippen LogP contribution in [0.4, 0.5) is 13.2 Å². The van der Waals surface area contributed by atoms with Gasteiger partial charge >= 0.3 is 6.18 Å². The third-order valence-electron chi connectivity index (χ3n) is 4.77. The molecule has 4 rings (SSSR count). The van der Waals surface area contributed by atoms with Crippen molar-refractivity contribution in [2.45, 2.75) is 12.2 Å². The monoisotopic (exact) mass is 387 g/mol. The fourth-order valence-electron chi connectivity index (χ4n) is 3.47. The number of fused-ring (bicyclic) bond motifs is 2. The molecule has 11 heteroatoms. The van der Waals surface area contributed by atoms with Crippen LogP contribution in [0.5, 0.6) is 0 Å². The van der Waals surface area contributed by atoms with E-state index in [-0.39, 0.29) is 28.6 Å². The number of carbonyl (C=O) groups is 2. The van der Waals surface area contributed by atoms with Crippen LogP contribution in [0.2, 0.25) is 0 Å². The Morgan fingerprint density at radius 1 is 1.35 bits per heavy atom. The van der Waals surface area contributed by atoms with Gasteiger partial charge in [-0.2, -0.15) is 18.3 Å². The first-order chi connectivity index (χ1) is 12.3. The number of hydrogen-bond acceptors (Lipinski definition) is 5. The van der Waals surface area contributed by atoms with Crippen molar-refractivity contribution in [2.75, 3.05) is 32.7 Å². The Morgan fingerprint density at radius 3 is 2.85 bits per heavy atom. The smallest absolute Gasteiger partial charge is 0.353 e. The normalized spacial score (nSPS) is 21.8. The fraction of sp³-hybridized carbons (Fsp3) is 0.533. The molecule has 2 aromatic heterocycles. The van der Waals surface area contributed by atoms with Crippen LogP contribution >= 0.6 is 11.3 Å². The molecule has 2 aliphatic rings. The zero-order chi connectivity index (χ0) is 18.6. The number of aryl methyl sites for hydroxylation is 1. The van der Waals surface area contributed by atoms with Gasteiger partial charge in [0.25, 0.3) is 5.91 Å². The summed E-state index contributed by atoms with van der Waals surface area (Å²) in [4.78, 5) is 28.9. The summed E-state index contributed by atoms with van der Waals surface area (Å²) in [7, 11) is 1.42. The third kappa shape index (κ3) is 2.75. The van der Waals surface area contributed by atoms with Crippen molar-refractivity contribution in [3.8, 4) is 0 Å². The van der Waals surface area contributed by atoms with Crippen LogP contribution in [0.25, 0.3) is 10.2 Å². The molecule has 2 saturated heterocycles. The van der Waals surface area contributed by atoms with E-state index in [1.54, 1.807) is 0 Å². The molecule has 0 spiro atoms. The molecule has 2 fully saturated rings. The van der Waals surface area contributed by atoms with Crippen molar-refractivity contribution in [3.63, 3.8) is 0 Å². The minimum atomic E-state index is -4.58. The van der Waals surface area contributed by atoms with Gasteiger partial charge in [-0.1, -0.05) is 0 Å². The number of nitrogens with one attached hydrogen (secondary N) is 1. The number of amides is 2. The number of thiophene rings is 1. The van der Waals surface area contributed by atoms with Gasteiger partial charge in [0.05, 0.1) is 4.88 Å². The molecule has 0 radical (unpaired) electrons. The Morgan fingerprint density at radius 2 is 2.12 bits per heavy atom. The number of piperazine rings is 2. The molecule has 140 valence electrons. The van der Waals surface area contributed by atoms with Crippen LogP contribution < -0.4 is 5.32 Å². The fourth-order valence-corrected chi connectivity index (χ4v) is 4.51. The van der Waals surface area contributed by atoms with Crippen molar-refractivity contribution < 1.29 is 22.8 Å². The van der Waals surface area contributed by atoms with Crippen LogP contribution in [-0.4, -0.2) is 70.2 Å². The lowest BCUT2D eigenvalue weighted by atomic mass is 10.1. The van der Waals surface area contributed by atoms with E-state index in [1.165, 1.54) is 18.0 Å². The van der Waals surface area contributed by atoms with Gasteiger partial charge in [0.1, 0.15) is 10.9 Å². The number of hydrogen-bond donors (Lipinski definition) is 1. The van der Waals surface area contributed by atoms with E-state index < -0.39 is 17.9 Å². The maximum absolute atomic E-state index is 13.1. The molecule has 2 aliphatic heterocycles. The molecule has 1 atom stereocenters. The second-order valence-electron chi connectivity index (χ2n) is 6.39. The summed E-state index contributed by atoms with van der Waals surface area (Å²) in [6.45, 7) is 2.59. The summed E-state index contributed by atoms with van der Waals surface area (Å²) in [5, 5.41) is 6.23. The predicted octanol–water partition coefficient (Wildman–Crippen LogP) is 0.910. The molecule has 0 saturated carbocycles. The van der Waals surface area contributed by atoms with Crippen LogP contribution in [0.3, 0.4) is 0 Å². The van der Waals surface area contributed by atoms with E-state index in [0.29, 0.717) is 24.5 Å². The molecule has 0 bridgehead atoms. The van der Waals surface area contributed by atoms with Crippen LogP contribution in [0.15, 0.2) is 6.07 Å². The topological polar surface area (TPSA) is 70.5 Å². The third-order valence-corrected chi connectivity index (χ3v) is 5.96. The van der Waals surface area contributed by atoms with E-state index in [0.717, 1.165) is 22.6 Å². The molecule has 26 heavy (non-hydrogen) atoms. The van der Waals surface area contributed by atoms with Gasteiger partial charge in [0.15, 0.2) is 5.69 Å². The SMILES string of the molecule is Cn1nc(C(F)(F)F)c2cc(C(=O)N3CCN4CCNC(=O)[C@H]4C3)sc21. The highest BCUT2D eigenvalue weighted by Gasteiger charge is 2.39. The summed E-state index contributed by atoms with van der Waals surface area (Å²) in [5.41, 5.74) is -0.984. The van der Waals surface area contributed by atoms with Crippen molar-refractivity contribution in [3.05, 3.63) is 16.6 Å². The maximum atomic E-state index is 13.1. The van der Waals surface area contributed by atoms with Gasteiger partial charge in [0.2, 0.25) is 5.91 Å². The number of alkyl halides is 3. The first-order valence-electron chi connectivity index (χ1n) is 8.10. The second kappa shape index (κ2) is 5.95. The Labute approximate surface area is 150 Å². The Hall–Kier alpha value is -2.14. The van der Waals surface area contributed by atoms with Gasteiger partial charge in [0, 0.05) is 45.2 Å². The molecule has 4 heterocycles. The summed E-state index contributed by atoms with van der Waals surface area (Å²) in [5.74, 6) is -0.467. The molecule has 2 aromatic rings. The van der Waals surface area contributed by atoms with Gasteiger partial charge in [-0.15, -0.1) is 11.3 Å². The number of halogens is 3. The molecular formula is C15H16F3N5O2S. The van der Waals surface area contributed by atoms with Crippen molar-refractivity contribution in [1.29, 1.82) is 0 Å². The quantitative estimate of drug-likeness (QED) is 0.790. The molecule has 0 unspecified atom stereocenters. The summed E-state index contributed by atoms with van der Waals surface area (Å²) >= 11 is 0.988. The van der Waals surface area contributed by atoms with E-state index in [9.17, 15) is 22.8 Å². The second-order valence-corrected chi connectivity index (χ2v) is 7.42. The number of nitrogens with zero attached hydrogens (tertiary/aromatic N) is 4. The van der Waals surface area contributed by atoms with Crippen molar-refractivity contribution >= 4 is 33.4 Å². The lowest BCUT2D eigenvalue weighted by Crippen LogP contribution is -2.64. The molecule has 7 nitrogen and oxygen atoms in total. The summed E-state index contributed by atoms with van der Waals surface area (Å²) < 4.78 is 40.5. The zero-order valence-electron chi connectivity index (χ0n) is 13.8. The lowest BCUT2D eigenvalue weighted by Gasteiger charge is -2.42. The summed E-state index contributed by atoms with van der Waals surface area (Å²) in [6, 6.07) is 0.856. The first-order valence-corrected chi connectivity index (χ1v) is 8.92. The highest BCUT2D eigenvalue weighted by molar-refractivity contribution is 7.20. The van der Waals surface area contributed by atoms with Gasteiger partial charge in [-0.25, -0.2) is 0 Å². The van der Waals surface area contributed by atoms with E-state index in [1.807, 2.05) is 4.90 Å². The molecule has 2 amide bonds. The van der Waals surface area contributed by atoms with Gasteiger partial charge < -0.3 is 10.2 Å². The van der Waals surface area contributed by atoms with Gasteiger partial charge in [-0.05, 0) is 6.07 Å². The Kier molecular flexibility index (Phi) is 3.95. The molecule has 1 N–H and O–H groups in total. The Bertz CT molecular complexity index is 890. The number of aromatic nitrogens is 2. The summed E-state index contributed by atoms with van der Waals surface area (Å²) in [6.07, 6.45) is -4.58. The highest BCUT2D eigenvalue weighted by Crippen LogP contribution is 2.37.